The van der Waals surface area contributed by atoms with Gasteiger partial charge in [-0.15, -0.1) is 0 Å². The van der Waals surface area contributed by atoms with E-state index in [1.165, 1.54) is 11.1 Å². The van der Waals surface area contributed by atoms with Gasteiger partial charge in [-0.3, -0.25) is 4.98 Å². The molecule has 1 heterocycles. The molecular formula is C15H18ClNO. The zero-order valence-corrected chi connectivity index (χ0v) is 12.0. The maximum atomic E-state index is 6.11. The number of fused-ring (bicyclic) bond motifs is 1. The minimum Gasteiger partial charge on any atom is -0.374 e. The molecule has 0 bridgehead atoms. The van der Waals surface area contributed by atoms with E-state index in [-0.39, 0.29) is 5.60 Å². The second-order valence-corrected chi connectivity index (χ2v) is 5.32. The second-order valence-electron chi connectivity index (χ2n) is 4.89. The van der Waals surface area contributed by atoms with Crippen molar-refractivity contribution < 1.29 is 4.74 Å². The monoisotopic (exact) mass is 263 g/mol. The molecule has 2 aromatic rings. The first-order valence-electron chi connectivity index (χ1n) is 6.12. The quantitative estimate of drug-likeness (QED) is 0.822. The zero-order valence-electron chi connectivity index (χ0n) is 11.2. The maximum absolute atomic E-state index is 6.11. The summed E-state index contributed by atoms with van der Waals surface area (Å²) in [6.07, 6.45) is 2.86. The lowest BCUT2D eigenvalue weighted by atomic mass is 9.89. The molecule has 0 saturated carbocycles. The fourth-order valence-electron chi connectivity index (χ4n) is 2.29. The lowest BCUT2D eigenvalue weighted by Crippen LogP contribution is -2.22. The lowest BCUT2D eigenvalue weighted by molar-refractivity contribution is 0.0198. The largest absolute Gasteiger partial charge is 0.374 e. The lowest BCUT2D eigenvalue weighted by Gasteiger charge is -2.27. The van der Waals surface area contributed by atoms with Gasteiger partial charge in [-0.05, 0) is 49.6 Å². The number of pyridine rings is 1. The van der Waals surface area contributed by atoms with Crippen LogP contribution in [-0.4, -0.2) is 12.1 Å². The number of ether oxygens (including phenoxy) is 1. The Morgan fingerprint density at radius 1 is 1.33 bits per heavy atom. The third kappa shape index (κ3) is 2.23. The van der Waals surface area contributed by atoms with Crippen molar-refractivity contribution in [2.24, 2.45) is 0 Å². The van der Waals surface area contributed by atoms with E-state index >= 15 is 0 Å². The number of rotatable bonds is 3. The Kier molecular flexibility index (Phi) is 3.60. The summed E-state index contributed by atoms with van der Waals surface area (Å²) < 4.78 is 5.64. The third-order valence-corrected chi connectivity index (χ3v) is 3.64. The van der Waals surface area contributed by atoms with E-state index in [1.807, 2.05) is 24.4 Å². The van der Waals surface area contributed by atoms with Crippen LogP contribution in [0.1, 0.15) is 31.9 Å². The molecule has 0 unspecified atom stereocenters. The van der Waals surface area contributed by atoms with Crippen LogP contribution in [-0.2, 0) is 16.8 Å². The van der Waals surface area contributed by atoms with Crippen LogP contribution in [0, 0.1) is 0 Å². The summed E-state index contributed by atoms with van der Waals surface area (Å²) in [5.74, 6) is 0. The van der Waals surface area contributed by atoms with E-state index < -0.39 is 0 Å². The molecule has 96 valence electrons. The summed E-state index contributed by atoms with van der Waals surface area (Å²) >= 11 is 6.11. The first-order valence-corrected chi connectivity index (χ1v) is 6.50. The van der Waals surface area contributed by atoms with Crippen molar-refractivity contribution in [2.45, 2.75) is 32.8 Å². The molecule has 0 fully saturated rings. The van der Waals surface area contributed by atoms with Crippen LogP contribution in [0.25, 0.3) is 10.9 Å². The number of aromatic nitrogens is 1. The number of benzene rings is 1. The second kappa shape index (κ2) is 4.87. The smallest absolute Gasteiger partial charge is 0.0881 e. The fraction of sp³-hybridized carbons (Fsp3) is 0.400. The van der Waals surface area contributed by atoms with Crippen LogP contribution in [0.2, 0.25) is 5.02 Å². The van der Waals surface area contributed by atoms with Crippen LogP contribution in [0.3, 0.4) is 0 Å². The Morgan fingerprint density at radius 3 is 2.67 bits per heavy atom. The number of aryl methyl sites for hydroxylation is 1. The number of methoxy groups -OCH3 is 1. The van der Waals surface area contributed by atoms with Gasteiger partial charge >= 0.3 is 0 Å². The predicted octanol–water partition coefficient (Wildman–Crippen LogP) is 4.33. The van der Waals surface area contributed by atoms with Crippen molar-refractivity contribution in [3.8, 4) is 0 Å². The summed E-state index contributed by atoms with van der Waals surface area (Å²) in [5.41, 5.74) is 2.99. The molecule has 2 nitrogen and oxygen atoms in total. The van der Waals surface area contributed by atoms with E-state index in [2.05, 4.69) is 25.8 Å². The van der Waals surface area contributed by atoms with Gasteiger partial charge in [0.2, 0.25) is 0 Å². The Hall–Kier alpha value is -1.12. The standard InChI is InChI=1S/C15H18ClNO/c1-5-10-9-17-13-7-6-11(16)8-12(13)14(10)15(2,3)18-4/h6-9H,5H2,1-4H3. The van der Waals surface area contributed by atoms with Crippen LogP contribution < -0.4 is 0 Å². The van der Waals surface area contributed by atoms with Crippen molar-refractivity contribution >= 4 is 22.5 Å². The van der Waals surface area contributed by atoms with Crippen molar-refractivity contribution in [3.63, 3.8) is 0 Å². The molecule has 18 heavy (non-hydrogen) atoms. The van der Waals surface area contributed by atoms with Gasteiger partial charge in [0.05, 0.1) is 11.1 Å². The van der Waals surface area contributed by atoms with Crippen LogP contribution in [0.4, 0.5) is 0 Å². The van der Waals surface area contributed by atoms with Gasteiger partial charge in [-0.25, -0.2) is 0 Å². The van der Waals surface area contributed by atoms with E-state index in [9.17, 15) is 0 Å². The molecule has 3 heteroatoms. The Balaban J connectivity index is 2.84. The van der Waals surface area contributed by atoms with Crippen LogP contribution in [0.5, 0.6) is 0 Å². The van der Waals surface area contributed by atoms with Crippen LogP contribution >= 0.6 is 11.6 Å². The van der Waals surface area contributed by atoms with E-state index in [1.54, 1.807) is 7.11 Å². The van der Waals surface area contributed by atoms with Gasteiger partial charge < -0.3 is 4.74 Å². The molecule has 0 saturated heterocycles. The molecule has 0 atom stereocenters. The van der Waals surface area contributed by atoms with Gasteiger partial charge in [0.1, 0.15) is 0 Å². The summed E-state index contributed by atoms with van der Waals surface area (Å²) in [6, 6.07) is 5.79. The average Bonchev–Trinajstić information content (AvgIpc) is 2.36. The molecule has 0 spiro atoms. The fourth-order valence-corrected chi connectivity index (χ4v) is 2.46. The Morgan fingerprint density at radius 2 is 2.06 bits per heavy atom. The number of halogens is 1. The summed E-state index contributed by atoms with van der Waals surface area (Å²) in [5, 5.41) is 1.81. The van der Waals surface area contributed by atoms with Gasteiger partial charge in [0.25, 0.3) is 0 Å². The molecule has 0 aliphatic carbocycles. The summed E-state index contributed by atoms with van der Waals surface area (Å²) in [6.45, 7) is 6.27. The first kappa shape index (κ1) is 13.3. The number of hydrogen-bond donors (Lipinski definition) is 0. The molecule has 0 radical (unpaired) electrons. The van der Waals surface area contributed by atoms with Crippen molar-refractivity contribution in [2.75, 3.05) is 7.11 Å². The maximum Gasteiger partial charge on any atom is 0.0881 e. The summed E-state index contributed by atoms with van der Waals surface area (Å²) in [4.78, 5) is 4.49. The highest BCUT2D eigenvalue weighted by atomic mass is 35.5. The van der Waals surface area contributed by atoms with Crippen molar-refractivity contribution in [1.82, 2.24) is 4.98 Å². The van der Waals surface area contributed by atoms with Crippen molar-refractivity contribution in [3.05, 3.63) is 40.5 Å². The minimum absolute atomic E-state index is 0.350. The topological polar surface area (TPSA) is 22.1 Å². The predicted molar refractivity (Wildman–Crippen MR) is 76.2 cm³/mol. The third-order valence-electron chi connectivity index (χ3n) is 3.40. The minimum atomic E-state index is -0.350. The van der Waals surface area contributed by atoms with Gasteiger partial charge in [0.15, 0.2) is 0 Å². The molecule has 0 amide bonds. The van der Waals surface area contributed by atoms with E-state index in [0.717, 1.165) is 22.3 Å². The molecule has 0 N–H and O–H groups in total. The average molecular weight is 264 g/mol. The van der Waals surface area contributed by atoms with Gasteiger partial charge in [-0.1, -0.05) is 18.5 Å². The highest BCUT2D eigenvalue weighted by molar-refractivity contribution is 6.31. The molecule has 1 aromatic carbocycles. The van der Waals surface area contributed by atoms with Crippen molar-refractivity contribution in [1.29, 1.82) is 0 Å². The molecule has 0 aliphatic rings. The molecule has 1 aromatic heterocycles. The highest BCUT2D eigenvalue weighted by Gasteiger charge is 2.25. The number of hydrogen-bond acceptors (Lipinski definition) is 2. The normalized spacial score (nSPS) is 12.1. The molecular weight excluding hydrogens is 246 g/mol. The zero-order chi connectivity index (χ0) is 13.3. The van der Waals surface area contributed by atoms with Gasteiger partial charge in [-0.2, -0.15) is 0 Å². The Labute approximate surface area is 113 Å². The van der Waals surface area contributed by atoms with E-state index in [0.29, 0.717) is 0 Å². The summed E-state index contributed by atoms with van der Waals surface area (Å²) in [7, 11) is 1.73. The highest BCUT2D eigenvalue weighted by Crippen LogP contribution is 2.34. The SMILES string of the molecule is CCc1cnc2ccc(Cl)cc2c1C(C)(C)OC. The van der Waals surface area contributed by atoms with Gasteiger partial charge in [0, 0.05) is 23.7 Å². The molecule has 2 rings (SSSR count). The van der Waals surface area contributed by atoms with Crippen LogP contribution in [0.15, 0.2) is 24.4 Å². The molecule has 0 aliphatic heterocycles. The number of nitrogens with zero attached hydrogens (tertiary/aromatic N) is 1. The van der Waals surface area contributed by atoms with E-state index in [4.69, 9.17) is 16.3 Å². The first-order chi connectivity index (χ1) is 8.49. The Bertz CT molecular complexity index is 578.